The average Bonchev–Trinajstić information content (AvgIpc) is 3.39. The Morgan fingerprint density at radius 2 is 2.03 bits per heavy atom. The number of carbonyl (C=O) groups is 1. The minimum absolute atomic E-state index is 0.0588. The number of aromatic nitrogens is 4. The Morgan fingerprint density at radius 1 is 1.16 bits per heavy atom. The molecule has 5 rings (SSSR count). The van der Waals surface area contributed by atoms with Crippen molar-refractivity contribution in [1.82, 2.24) is 24.1 Å². The molecule has 0 bridgehead atoms. The predicted molar refractivity (Wildman–Crippen MR) is 118 cm³/mol. The van der Waals surface area contributed by atoms with Crippen LogP contribution in [0.2, 0.25) is 0 Å². The summed E-state index contributed by atoms with van der Waals surface area (Å²) >= 11 is 0. The molecule has 0 aliphatic heterocycles. The number of rotatable bonds is 7. The zero-order valence-corrected chi connectivity index (χ0v) is 16.8. The van der Waals surface area contributed by atoms with Gasteiger partial charge in [0.25, 0.3) is 5.91 Å². The van der Waals surface area contributed by atoms with Crippen LogP contribution in [-0.4, -0.2) is 36.6 Å². The van der Waals surface area contributed by atoms with Gasteiger partial charge in [-0.3, -0.25) is 9.79 Å². The molecule has 0 unspecified atom stereocenters. The minimum Gasteiger partial charge on any atom is -0.346 e. The smallest absolute Gasteiger partial charge is 0.273 e. The summed E-state index contributed by atoms with van der Waals surface area (Å²) in [5, 5.41) is 6.37. The molecule has 31 heavy (non-hydrogen) atoms. The molecule has 0 radical (unpaired) electrons. The van der Waals surface area contributed by atoms with E-state index in [4.69, 9.17) is 5.84 Å². The van der Waals surface area contributed by atoms with Gasteiger partial charge in [-0.25, -0.2) is 9.97 Å². The van der Waals surface area contributed by atoms with E-state index in [1.165, 1.54) is 24.6 Å². The zero-order chi connectivity index (χ0) is 21.2. The van der Waals surface area contributed by atoms with Crippen molar-refractivity contribution < 1.29 is 4.79 Å². The van der Waals surface area contributed by atoms with E-state index in [-0.39, 0.29) is 11.6 Å². The highest BCUT2D eigenvalue weighted by atomic mass is 16.1. The van der Waals surface area contributed by atoms with Gasteiger partial charge in [-0.1, -0.05) is 12.1 Å². The summed E-state index contributed by atoms with van der Waals surface area (Å²) < 4.78 is 3.92. The number of pyridine rings is 2. The molecule has 0 aromatic carbocycles. The molecule has 156 valence electrons. The van der Waals surface area contributed by atoms with Gasteiger partial charge in [0.1, 0.15) is 11.3 Å². The second-order valence-corrected chi connectivity index (χ2v) is 7.63. The first-order chi connectivity index (χ1) is 15.2. The molecule has 1 aliphatic carbocycles. The number of hydrogen-bond acceptors (Lipinski definition) is 6. The molecule has 0 saturated heterocycles. The lowest BCUT2D eigenvalue weighted by Crippen LogP contribution is -2.32. The lowest BCUT2D eigenvalue weighted by Gasteiger charge is -2.05. The SMILES string of the molecule is NN=C(C=NCc1cn2cc(C3CC3)ccc2n1)C(=O)NCc1ccc2nccn2c1. The van der Waals surface area contributed by atoms with Crippen molar-refractivity contribution in [2.24, 2.45) is 15.9 Å². The fourth-order valence-electron chi connectivity index (χ4n) is 3.52. The van der Waals surface area contributed by atoms with E-state index in [1.54, 1.807) is 6.20 Å². The molecule has 1 saturated carbocycles. The molecule has 1 fully saturated rings. The summed E-state index contributed by atoms with van der Waals surface area (Å²) in [6.45, 7) is 0.680. The van der Waals surface area contributed by atoms with Crippen molar-refractivity contribution >= 4 is 29.1 Å². The molecule has 1 aliphatic rings. The normalized spacial score (nSPS) is 14.6. The Morgan fingerprint density at radius 3 is 2.87 bits per heavy atom. The number of hydrazone groups is 1. The van der Waals surface area contributed by atoms with Crippen LogP contribution in [0.5, 0.6) is 0 Å². The fourth-order valence-corrected chi connectivity index (χ4v) is 3.52. The van der Waals surface area contributed by atoms with Crippen LogP contribution >= 0.6 is 0 Å². The summed E-state index contributed by atoms with van der Waals surface area (Å²) in [5.41, 5.74) is 4.89. The lowest BCUT2D eigenvalue weighted by molar-refractivity contribution is -0.114. The largest absolute Gasteiger partial charge is 0.346 e. The topological polar surface area (TPSA) is 114 Å². The number of nitrogens with zero attached hydrogens (tertiary/aromatic N) is 6. The van der Waals surface area contributed by atoms with Gasteiger partial charge in [0.05, 0.1) is 18.5 Å². The fraction of sp³-hybridized carbons (Fsp3) is 0.227. The highest BCUT2D eigenvalue weighted by molar-refractivity contribution is 6.60. The third-order valence-electron chi connectivity index (χ3n) is 5.31. The number of nitrogens with one attached hydrogen (secondary N) is 1. The van der Waals surface area contributed by atoms with Crippen molar-refractivity contribution in [2.45, 2.75) is 31.8 Å². The Hall–Kier alpha value is -4.01. The third kappa shape index (κ3) is 4.16. The van der Waals surface area contributed by atoms with Crippen LogP contribution in [-0.2, 0) is 17.9 Å². The Bertz CT molecular complexity index is 1310. The molecular weight excluding hydrogens is 392 g/mol. The van der Waals surface area contributed by atoms with Crippen LogP contribution in [0.25, 0.3) is 11.3 Å². The molecule has 1 amide bonds. The summed E-state index contributed by atoms with van der Waals surface area (Å²) in [6.07, 6.45) is 13.5. The van der Waals surface area contributed by atoms with E-state index in [9.17, 15) is 4.79 Å². The van der Waals surface area contributed by atoms with Crippen LogP contribution in [0.4, 0.5) is 0 Å². The summed E-state index contributed by atoms with van der Waals surface area (Å²) in [4.78, 5) is 25.5. The molecule has 0 spiro atoms. The van der Waals surface area contributed by atoms with E-state index in [0.717, 1.165) is 22.6 Å². The number of amides is 1. The maximum absolute atomic E-state index is 12.4. The van der Waals surface area contributed by atoms with Gasteiger partial charge in [-0.2, -0.15) is 5.10 Å². The number of imidazole rings is 2. The summed E-state index contributed by atoms with van der Waals surface area (Å²) in [6, 6.07) is 7.97. The van der Waals surface area contributed by atoms with Crippen molar-refractivity contribution in [3.8, 4) is 0 Å². The monoisotopic (exact) mass is 414 g/mol. The zero-order valence-electron chi connectivity index (χ0n) is 16.8. The quantitative estimate of drug-likeness (QED) is 0.274. The number of nitrogens with two attached hydrogens (primary N) is 1. The van der Waals surface area contributed by atoms with Crippen molar-refractivity contribution in [1.29, 1.82) is 0 Å². The molecule has 4 aromatic heterocycles. The summed E-state index contributed by atoms with van der Waals surface area (Å²) in [5.74, 6) is 5.70. The van der Waals surface area contributed by atoms with Gasteiger partial charge in [0.2, 0.25) is 0 Å². The van der Waals surface area contributed by atoms with Gasteiger partial charge >= 0.3 is 0 Å². The maximum atomic E-state index is 12.4. The van der Waals surface area contributed by atoms with Crippen LogP contribution in [0.15, 0.2) is 65.3 Å². The first-order valence-corrected chi connectivity index (χ1v) is 10.1. The van der Waals surface area contributed by atoms with Gasteiger partial charge in [0, 0.05) is 37.5 Å². The van der Waals surface area contributed by atoms with Gasteiger partial charge in [-0.05, 0) is 42.0 Å². The number of fused-ring (bicyclic) bond motifs is 2. The van der Waals surface area contributed by atoms with Crippen LogP contribution < -0.4 is 11.2 Å². The third-order valence-corrected chi connectivity index (χ3v) is 5.31. The second-order valence-electron chi connectivity index (χ2n) is 7.63. The first kappa shape index (κ1) is 19.0. The molecule has 9 heteroatoms. The maximum Gasteiger partial charge on any atom is 0.273 e. The van der Waals surface area contributed by atoms with E-state index in [2.05, 4.69) is 37.6 Å². The van der Waals surface area contributed by atoms with Gasteiger partial charge in [0.15, 0.2) is 5.71 Å². The summed E-state index contributed by atoms with van der Waals surface area (Å²) in [7, 11) is 0. The molecule has 9 nitrogen and oxygen atoms in total. The van der Waals surface area contributed by atoms with Crippen molar-refractivity contribution in [3.63, 3.8) is 0 Å². The number of carbonyl (C=O) groups excluding carboxylic acids is 1. The Labute approximate surface area is 178 Å². The van der Waals surface area contributed by atoms with Crippen LogP contribution in [0.3, 0.4) is 0 Å². The van der Waals surface area contributed by atoms with E-state index >= 15 is 0 Å². The Kier molecular flexibility index (Phi) is 4.91. The molecule has 4 heterocycles. The standard InChI is InChI=1S/C22H22N8O/c23-28-19(22(31)26-9-15-1-5-20-25-7-8-29(20)12-15)11-24-10-18-14-30-13-17(16-2-3-16)4-6-21(30)27-18/h1,4-8,11-14,16H,2-3,9-10,23H2,(H,26,31). The number of aliphatic imine (C=N–C) groups is 1. The second kappa shape index (κ2) is 8.02. The molecule has 4 aromatic rings. The number of hydrogen-bond donors (Lipinski definition) is 2. The minimum atomic E-state index is -0.388. The molecule has 3 N–H and O–H groups in total. The Balaban J connectivity index is 1.19. The van der Waals surface area contributed by atoms with E-state index in [1.807, 2.05) is 45.6 Å². The highest BCUT2D eigenvalue weighted by Crippen LogP contribution is 2.39. The van der Waals surface area contributed by atoms with E-state index in [0.29, 0.717) is 19.0 Å². The van der Waals surface area contributed by atoms with Crippen LogP contribution in [0, 0.1) is 0 Å². The van der Waals surface area contributed by atoms with E-state index < -0.39 is 0 Å². The van der Waals surface area contributed by atoms with Gasteiger partial charge in [-0.15, -0.1) is 0 Å². The van der Waals surface area contributed by atoms with Crippen LogP contribution in [0.1, 0.15) is 35.6 Å². The molecular formula is C22H22N8O. The van der Waals surface area contributed by atoms with Crippen molar-refractivity contribution in [2.75, 3.05) is 0 Å². The van der Waals surface area contributed by atoms with Gasteiger partial charge < -0.3 is 20.0 Å². The van der Waals surface area contributed by atoms with Crippen molar-refractivity contribution in [3.05, 3.63) is 72.1 Å². The predicted octanol–water partition coefficient (Wildman–Crippen LogP) is 2.06. The first-order valence-electron chi connectivity index (χ1n) is 10.1. The molecule has 0 atom stereocenters. The average molecular weight is 414 g/mol. The highest BCUT2D eigenvalue weighted by Gasteiger charge is 2.23. The lowest BCUT2D eigenvalue weighted by atomic mass is 10.2.